The van der Waals surface area contributed by atoms with Crippen LogP contribution in [0.15, 0.2) is 84.9 Å². The average molecular weight is 274 g/mol. The Hall–Kier alpha value is -2.38. The van der Waals surface area contributed by atoms with Crippen molar-refractivity contribution in [1.29, 1.82) is 0 Å². The van der Waals surface area contributed by atoms with Crippen LogP contribution in [0.2, 0.25) is 0 Å². The fourth-order valence-corrected chi connectivity index (χ4v) is 2.48. The summed E-state index contributed by atoms with van der Waals surface area (Å²) in [6.45, 7) is 2.05. The van der Waals surface area contributed by atoms with Crippen LogP contribution in [0.1, 0.15) is 11.1 Å². The largest absolute Gasteiger partial charge is 0.339 e. The Morgan fingerprint density at radius 3 is 1.57 bits per heavy atom. The molecule has 2 N–H and O–H groups in total. The molecule has 1 nitrogen and oxygen atoms in total. The first-order chi connectivity index (χ1) is 10.4. The smallest absolute Gasteiger partial charge is 0.101 e. The van der Waals surface area contributed by atoms with E-state index >= 15 is 0 Å². The van der Waals surface area contributed by atoms with E-state index in [9.17, 15) is 0 Å². The molecule has 0 radical (unpaired) electrons. The molecule has 0 atom stereocenters. The van der Waals surface area contributed by atoms with Crippen molar-refractivity contribution < 1.29 is 5.32 Å². The van der Waals surface area contributed by atoms with Crippen molar-refractivity contribution in [3.05, 3.63) is 96.1 Å². The molecule has 3 aromatic rings. The monoisotopic (exact) mass is 274 g/mol. The molecular formula is C20H20N+. The number of rotatable bonds is 5. The Morgan fingerprint density at radius 2 is 0.952 bits per heavy atom. The zero-order chi connectivity index (χ0) is 14.3. The summed E-state index contributed by atoms with van der Waals surface area (Å²) in [4.78, 5) is 0. The van der Waals surface area contributed by atoms with Gasteiger partial charge in [0.05, 0.1) is 0 Å². The van der Waals surface area contributed by atoms with E-state index in [0.717, 1.165) is 13.1 Å². The van der Waals surface area contributed by atoms with Crippen LogP contribution in [0.5, 0.6) is 0 Å². The van der Waals surface area contributed by atoms with Crippen LogP contribution >= 0.6 is 0 Å². The van der Waals surface area contributed by atoms with Gasteiger partial charge in [-0.25, -0.2) is 0 Å². The van der Waals surface area contributed by atoms with Gasteiger partial charge in [-0.15, -0.1) is 0 Å². The Bertz CT molecular complexity index is 657. The summed E-state index contributed by atoms with van der Waals surface area (Å²) in [5, 5.41) is 2.34. The average Bonchev–Trinajstić information content (AvgIpc) is 2.57. The van der Waals surface area contributed by atoms with Crippen LogP contribution in [-0.4, -0.2) is 0 Å². The first-order valence-electron chi connectivity index (χ1n) is 7.42. The Labute approximate surface area is 126 Å². The van der Waals surface area contributed by atoms with Gasteiger partial charge in [-0.3, -0.25) is 0 Å². The molecular weight excluding hydrogens is 254 g/mol. The maximum Gasteiger partial charge on any atom is 0.101 e. The third kappa shape index (κ3) is 3.80. The molecule has 0 aromatic heterocycles. The van der Waals surface area contributed by atoms with Gasteiger partial charge in [0, 0.05) is 11.1 Å². The van der Waals surface area contributed by atoms with Crippen molar-refractivity contribution in [2.24, 2.45) is 0 Å². The van der Waals surface area contributed by atoms with Crippen molar-refractivity contribution in [3.63, 3.8) is 0 Å². The first kappa shape index (κ1) is 13.6. The highest BCUT2D eigenvalue weighted by molar-refractivity contribution is 5.63. The normalized spacial score (nSPS) is 10.5. The molecule has 0 spiro atoms. The molecule has 0 aliphatic heterocycles. The van der Waals surface area contributed by atoms with Crippen molar-refractivity contribution in [1.82, 2.24) is 0 Å². The Balaban J connectivity index is 1.58. The molecule has 3 rings (SSSR count). The highest BCUT2D eigenvalue weighted by atomic mass is 14.8. The number of quaternary nitrogens is 1. The molecule has 0 fully saturated rings. The van der Waals surface area contributed by atoms with E-state index < -0.39 is 0 Å². The molecule has 0 amide bonds. The lowest BCUT2D eigenvalue weighted by Crippen LogP contribution is -2.80. The van der Waals surface area contributed by atoms with Crippen LogP contribution in [-0.2, 0) is 13.1 Å². The van der Waals surface area contributed by atoms with E-state index in [2.05, 4.69) is 90.2 Å². The fourth-order valence-electron chi connectivity index (χ4n) is 2.48. The number of hydrogen-bond donors (Lipinski definition) is 1. The minimum atomic E-state index is 1.02. The van der Waals surface area contributed by atoms with Gasteiger partial charge in [-0.1, -0.05) is 84.9 Å². The van der Waals surface area contributed by atoms with E-state index in [1.165, 1.54) is 22.3 Å². The summed E-state index contributed by atoms with van der Waals surface area (Å²) >= 11 is 0. The molecule has 0 aliphatic rings. The fraction of sp³-hybridized carbons (Fsp3) is 0.100. The summed E-state index contributed by atoms with van der Waals surface area (Å²) in [5.41, 5.74) is 5.30. The standard InChI is InChI=1S/C20H19N/c1-3-7-17(8-4-1)15-21-16-18-11-13-20(14-12-18)19-9-5-2-6-10-19/h1-14,21H,15-16H2/p+1. The zero-order valence-electron chi connectivity index (χ0n) is 12.1. The summed E-state index contributed by atoms with van der Waals surface area (Å²) in [7, 11) is 0. The van der Waals surface area contributed by atoms with Gasteiger partial charge in [0.15, 0.2) is 0 Å². The third-order valence-corrected chi connectivity index (χ3v) is 3.66. The Morgan fingerprint density at radius 1 is 0.476 bits per heavy atom. The quantitative estimate of drug-likeness (QED) is 0.732. The predicted molar refractivity (Wildman–Crippen MR) is 87.7 cm³/mol. The maximum absolute atomic E-state index is 2.34. The molecule has 0 saturated heterocycles. The van der Waals surface area contributed by atoms with Crippen LogP contribution < -0.4 is 5.32 Å². The number of hydrogen-bond acceptors (Lipinski definition) is 0. The first-order valence-corrected chi connectivity index (χ1v) is 7.42. The summed E-state index contributed by atoms with van der Waals surface area (Å²) in [6.07, 6.45) is 0. The van der Waals surface area contributed by atoms with E-state index in [1.54, 1.807) is 0 Å². The van der Waals surface area contributed by atoms with Gasteiger partial charge in [0.1, 0.15) is 13.1 Å². The molecule has 0 unspecified atom stereocenters. The highest BCUT2D eigenvalue weighted by Crippen LogP contribution is 2.18. The lowest BCUT2D eigenvalue weighted by atomic mass is 10.0. The van der Waals surface area contributed by atoms with Gasteiger partial charge in [0.25, 0.3) is 0 Å². The molecule has 1 heteroatoms. The predicted octanol–water partition coefficient (Wildman–Crippen LogP) is 3.62. The van der Waals surface area contributed by atoms with E-state index in [1.807, 2.05) is 0 Å². The van der Waals surface area contributed by atoms with Gasteiger partial charge in [-0.2, -0.15) is 0 Å². The van der Waals surface area contributed by atoms with Gasteiger partial charge in [-0.05, 0) is 11.1 Å². The molecule has 0 saturated carbocycles. The second kappa shape index (κ2) is 6.87. The minimum absolute atomic E-state index is 1.02. The van der Waals surface area contributed by atoms with Crippen LogP contribution in [0, 0.1) is 0 Å². The van der Waals surface area contributed by atoms with Crippen LogP contribution in [0.25, 0.3) is 11.1 Å². The molecule has 104 valence electrons. The second-order valence-corrected chi connectivity index (χ2v) is 5.25. The lowest BCUT2D eigenvalue weighted by Gasteiger charge is -2.05. The van der Waals surface area contributed by atoms with Crippen molar-refractivity contribution >= 4 is 0 Å². The van der Waals surface area contributed by atoms with Crippen LogP contribution in [0.4, 0.5) is 0 Å². The van der Waals surface area contributed by atoms with Crippen molar-refractivity contribution in [2.45, 2.75) is 13.1 Å². The van der Waals surface area contributed by atoms with E-state index in [4.69, 9.17) is 0 Å². The van der Waals surface area contributed by atoms with Gasteiger partial charge >= 0.3 is 0 Å². The summed E-state index contributed by atoms with van der Waals surface area (Å²) < 4.78 is 0. The molecule has 0 bridgehead atoms. The topological polar surface area (TPSA) is 16.6 Å². The van der Waals surface area contributed by atoms with Crippen molar-refractivity contribution in [2.75, 3.05) is 0 Å². The minimum Gasteiger partial charge on any atom is -0.339 e. The molecule has 3 aromatic carbocycles. The van der Waals surface area contributed by atoms with Gasteiger partial charge < -0.3 is 5.32 Å². The Kier molecular flexibility index (Phi) is 4.45. The second-order valence-electron chi connectivity index (χ2n) is 5.25. The molecule has 0 aliphatic carbocycles. The van der Waals surface area contributed by atoms with E-state index in [-0.39, 0.29) is 0 Å². The summed E-state index contributed by atoms with van der Waals surface area (Å²) in [5.74, 6) is 0. The molecule has 0 heterocycles. The number of benzene rings is 3. The van der Waals surface area contributed by atoms with E-state index in [0.29, 0.717) is 0 Å². The third-order valence-electron chi connectivity index (χ3n) is 3.66. The zero-order valence-corrected chi connectivity index (χ0v) is 12.1. The lowest BCUT2D eigenvalue weighted by molar-refractivity contribution is -0.686. The SMILES string of the molecule is c1ccc(C[NH2+]Cc2ccc(-c3ccccc3)cc2)cc1. The van der Waals surface area contributed by atoms with Crippen molar-refractivity contribution in [3.8, 4) is 11.1 Å². The number of nitrogens with two attached hydrogens (primary N) is 1. The maximum atomic E-state index is 2.34. The summed E-state index contributed by atoms with van der Waals surface area (Å²) in [6, 6.07) is 30.0. The van der Waals surface area contributed by atoms with Crippen LogP contribution in [0.3, 0.4) is 0 Å². The van der Waals surface area contributed by atoms with Gasteiger partial charge in [0.2, 0.25) is 0 Å². The molecule has 21 heavy (non-hydrogen) atoms. The highest BCUT2D eigenvalue weighted by Gasteiger charge is 1.99.